The molecular formula is C11H13N3O2S. The van der Waals surface area contributed by atoms with Gasteiger partial charge in [-0.25, -0.2) is 0 Å². The maximum atomic E-state index is 11.3. The summed E-state index contributed by atoms with van der Waals surface area (Å²) in [6, 6.07) is 5.01. The highest BCUT2D eigenvalue weighted by Gasteiger charge is 2.16. The van der Waals surface area contributed by atoms with Crippen molar-refractivity contribution in [3.05, 3.63) is 23.0 Å². The first-order valence-electron chi connectivity index (χ1n) is 5.12. The molecule has 6 heteroatoms. The molecule has 0 fully saturated rings. The van der Waals surface area contributed by atoms with Crippen molar-refractivity contribution in [2.24, 2.45) is 5.73 Å². The number of carbonyl (C=O) groups is 1. The Morgan fingerprint density at radius 3 is 2.88 bits per heavy atom. The first kappa shape index (κ1) is 11.7. The molecule has 2 aromatic rings. The number of primary amides is 1. The Morgan fingerprint density at radius 2 is 2.29 bits per heavy atom. The number of fused-ring (bicyclic) bond motifs is 1. The van der Waals surface area contributed by atoms with E-state index in [0.29, 0.717) is 10.5 Å². The molecule has 1 unspecified atom stereocenters. The van der Waals surface area contributed by atoms with Crippen LogP contribution in [0, 0.1) is 4.77 Å². The predicted molar refractivity (Wildman–Crippen MR) is 67.6 cm³/mol. The summed E-state index contributed by atoms with van der Waals surface area (Å²) in [6.45, 7) is 1.71. The molecule has 90 valence electrons. The molecule has 0 radical (unpaired) electrons. The van der Waals surface area contributed by atoms with Crippen LogP contribution in [0.4, 0.5) is 0 Å². The minimum Gasteiger partial charge on any atom is -0.497 e. The average Bonchev–Trinajstić information content (AvgIpc) is 2.62. The number of aromatic nitrogens is 2. The third-order valence-corrected chi connectivity index (χ3v) is 3.02. The average molecular weight is 251 g/mol. The zero-order valence-corrected chi connectivity index (χ0v) is 10.4. The first-order chi connectivity index (χ1) is 8.04. The summed E-state index contributed by atoms with van der Waals surface area (Å²) in [4.78, 5) is 14.3. The Balaban J connectivity index is 2.72. The number of benzene rings is 1. The highest BCUT2D eigenvalue weighted by Crippen LogP contribution is 2.23. The lowest BCUT2D eigenvalue weighted by atomic mass is 10.2. The lowest BCUT2D eigenvalue weighted by molar-refractivity contribution is -0.120. The van der Waals surface area contributed by atoms with Crippen molar-refractivity contribution in [3.8, 4) is 5.75 Å². The van der Waals surface area contributed by atoms with Gasteiger partial charge in [-0.15, -0.1) is 0 Å². The van der Waals surface area contributed by atoms with Gasteiger partial charge in [0.05, 0.1) is 18.1 Å². The van der Waals surface area contributed by atoms with Crippen LogP contribution >= 0.6 is 12.2 Å². The number of hydrogen-bond acceptors (Lipinski definition) is 3. The van der Waals surface area contributed by atoms with Crippen molar-refractivity contribution >= 4 is 29.2 Å². The fourth-order valence-electron chi connectivity index (χ4n) is 1.74. The topological polar surface area (TPSA) is 73.0 Å². The van der Waals surface area contributed by atoms with E-state index in [2.05, 4.69) is 4.98 Å². The number of H-pyrrole nitrogens is 1. The highest BCUT2D eigenvalue weighted by molar-refractivity contribution is 7.71. The molecule has 1 aromatic heterocycles. The summed E-state index contributed by atoms with van der Waals surface area (Å²) in [5.74, 6) is 0.279. The fourth-order valence-corrected chi connectivity index (χ4v) is 2.11. The normalized spacial score (nSPS) is 12.6. The largest absolute Gasteiger partial charge is 0.497 e. The van der Waals surface area contributed by atoms with Crippen molar-refractivity contribution in [2.45, 2.75) is 13.0 Å². The summed E-state index contributed by atoms with van der Waals surface area (Å²) in [6.07, 6.45) is 0. The van der Waals surface area contributed by atoms with Gasteiger partial charge in [0.2, 0.25) is 5.91 Å². The van der Waals surface area contributed by atoms with E-state index in [0.717, 1.165) is 11.0 Å². The SMILES string of the molecule is COc1ccc2[nH]c(=S)n(C(C)C(N)=O)c2c1. The molecule has 0 bridgehead atoms. The maximum absolute atomic E-state index is 11.3. The summed E-state index contributed by atoms with van der Waals surface area (Å²) in [5, 5.41) is 0. The Labute approximate surface area is 103 Å². The molecule has 1 heterocycles. The number of methoxy groups -OCH3 is 1. The molecule has 2 rings (SSSR count). The minimum absolute atomic E-state index is 0.426. The Kier molecular flexibility index (Phi) is 2.89. The summed E-state index contributed by atoms with van der Waals surface area (Å²) < 4.78 is 7.31. The zero-order chi connectivity index (χ0) is 12.6. The van der Waals surface area contributed by atoms with Gasteiger partial charge >= 0.3 is 0 Å². The van der Waals surface area contributed by atoms with E-state index in [4.69, 9.17) is 22.7 Å². The number of carbonyl (C=O) groups excluding carboxylic acids is 1. The lowest BCUT2D eigenvalue weighted by Crippen LogP contribution is -2.23. The van der Waals surface area contributed by atoms with Gasteiger partial charge in [0.15, 0.2) is 4.77 Å². The van der Waals surface area contributed by atoms with Crippen LogP contribution < -0.4 is 10.5 Å². The van der Waals surface area contributed by atoms with Crippen LogP contribution in [0.25, 0.3) is 11.0 Å². The monoisotopic (exact) mass is 251 g/mol. The molecule has 17 heavy (non-hydrogen) atoms. The number of nitrogens with zero attached hydrogens (tertiary/aromatic N) is 1. The number of amides is 1. The van der Waals surface area contributed by atoms with Crippen molar-refractivity contribution in [3.63, 3.8) is 0 Å². The van der Waals surface area contributed by atoms with Gasteiger partial charge in [-0.2, -0.15) is 0 Å². The van der Waals surface area contributed by atoms with E-state index in [1.807, 2.05) is 18.2 Å². The summed E-state index contributed by atoms with van der Waals surface area (Å²) in [7, 11) is 1.59. The van der Waals surface area contributed by atoms with Gasteiger partial charge in [0.1, 0.15) is 11.8 Å². The molecule has 0 saturated carbocycles. The van der Waals surface area contributed by atoms with Crippen molar-refractivity contribution in [1.82, 2.24) is 9.55 Å². The maximum Gasteiger partial charge on any atom is 0.240 e. The summed E-state index contributed by atoms with van der Waals surface area (Å²) >= 11 is 5.19. The van der Waals surface area contributed by atoms with Gasteiger partial charge in [0.25, 0.3) is 0 Å². The molecule has 1 atom stereocenters. The van der Waals surface area contributed by atoms with Crippen LogP contribution in [0.5, 0.6) is 5.75 Å². The molecule has 3 N–H and O–H groups in total. The van der Waals surface area contributed by atoms with E-state index >= 15 is 0 Å². The molecule has 1 aromatic carbocycles. The van der Waals surface area contributed by atoms with E-state index in [-0.39, 0.29) is 0 Å². The van der Waals surface area contributed by atoms with Gasteiger partial charge in [-0.1, -0.05) is 0 Å². The van der Waals surface area contributed by atoms with E-state index in [9.17, 15) is 4.79 Å². The number of rotatable bonds is 3. The number of nitrogens with two attached hydrogens (primary N) is 1. The molecule has 0 aliphatic heterocycles. The third-order valence-electron chi connectivity index (χ3n) is 2.72. The Hall–Kier alpha value is -1.82. The van der Waals surface area contributed by atoms with Crippen molar-refractivity contribution in [1.29, 1.82) is 0 Å². The minimum atomic E-state index is -0.497. The number of hydrogen-bond donors (Lipinski definition) is 2. The molecular weight excluding hydrogens is 238 g/mol. The van der Waals surface area contributed by atoms with Crippen LogP contribution in [0.15, 0.2) is 18.2 Å². The second kappa shape index (κ2) is 4.21. The summed E-state index contributed by atoms with van der Waals surface area (Å²) in [5.41, 5.74) is 6.96. The number of nitrogens with one attached hydrogen (secondary N) is 1. The van der Waals surface area contributed by atoms with Gasteiger partial charge < -0.3 is 20.0 Å². The molecule has 0 aliphatic carbocycles. The molecule has 1 amide bonds. The van der Waals surface area contributed by atoms with Crippen molar-refractivity contribution in [2.75, 3.05) is 7.11 Å². The number of imidazole rings is 1. The fraction of sp³-hybridized carbons (Fsp3) is 0.273. The number of aromatic amines is 1. The van der Waals surface area contributed by atoms with Crippen LogP contribution in [0.3, 0.4) is 0 Å². The van der Waals surface area contributed by atoms with Crippen LogP contribution in [0.2, 0.25) is 0 Å². The van der Waals surface area contributed by atoms with Crippen LogP contribution in [0.1, 0.15) is 13.0 Å². The van der Waals surface area contributed by atoms with Crippen molar-refractivity contribution < 1.29 is 9.53 Å². The zero-order valence-electron chi connectivity index (χ0n) is 9.56. The quantitative estimate of drug-likeness (QED) is 0.816. The third kappa shape index (κ3) is 1.91. The predicted octanol–water partition coefficient (Wildman–Crippen LogP) is 1.75. The second-order valence-corrected chi connectivity index (χ2v) is 4.15. The molecule has 0 saturated heterocycles. The molecule has 5 nitrogen and oxygen atoms in total. The highest BCUT2D eigenvalue weighted by atomic mass is 32.1. The standard InChI is InChI=1S/C11H13N3O2S/c1-6(10(12)15)14-9-5-7(16-2)3-4-8(9)13-11(14)17/h3-6H,1-2H3,(H2,12,15)(H,13,17). The van der Waals surface area contributed by atoms with E-state index < -0.39 is 11.9 Å². The van der Waals surface area contributed by atoms with Gasteiger partial charge in [-0.3, -0.25) is 4.79 Å². The van der Waals surface area contributed by atoms with Crippen LogP contribution in [-0.2, 0) is 4.79 Å². The second-order valence-electron chi connectivity index (χ2n) is 3.76. The smallest absolute Gasteiger partial charge is 0.240 e. The van der Waals surface area contributed by atoms with Gasteiger partial charge in [0, 0.05) is 6.07 Å². The first-order valence-corrected chi connectivity index (χ1v) is 5.53. The van der Waals surface area contributed by atoms with E-state index in [1.165, 1.54) is 0 Å². The lowest BCUT2D eigenvalue weighted by Gasteiger charge is -2.10. The molecule has 0 aliphatic rings. The Bertz CT molecular complexity index is 629. The Morgan fingerprint density at radius 1 is 1.59 bits per heavy atom. The van der Waals surface area contributed by atoms with Gasteiger partial charge in [-0.05, 0) is 31.3 Å². The van der Waals surface area contributed by atoms with Crippen LogP contribution in [-0.4, -0.2) is 22.6 Å². The molecule has 0 spiro atoms. The number of ether oxygens (including phenoxy) is 1. The van der Waals surface area contributed by atoms with E-state index in [1.54, 1.807) is 18.6 Å².